The zero-order valence-electron chi connectivity index (χ0n) is 12.3. The van der Waals surface area contributed by atoms with E-state index < -0.39 is 5.54 Å². The molecule has 1 aliphatic carbocycles. The van der Waals surface area contributed by atoms with Gasteiger partial charge in [-0.2, -0.15) is 5.26 Å². The second-order valence-corrected chi connectivity index (χ2v) is 6.19. The third-order valence-corrected chi connectivity index (χ3v) is 4.74. The molecule has 5 heteroatoms. The normalized spacial score (nSPS) is 26.8. The van der Waals surface area contributed by atoms with Crippen molar-refractivity contribution in [2.75, 3.05) is 26.7 Å². The summed E-state index contributed by atoms with van der Waals surface area (Å²) in [5, 5.41) is 19.2. The van der Waals surface area contributed by atoms with E-state index >= 15 is 0 Å². The molecular weight excluding hydrogens is 254 g/mol. The van der Waals surface area contributed by atoms with Crippen molar-refractivity contribution in [3.63, 3.8) is 0 Å². The van der Waals surface area contributed by atoms with Crippen LogP contribution in [0.4, 0.5) is 0 Å². The number of hydrogen-bond acceptors (Lipinski definition) is 4. The van der Waals surface area contributed by atoms with Gasteiger partial charge in [-0.15, -0.1) is 0 Å². The van der Waals surface area contributed by atoms with Crippen molar-refractivity contribution in [3.8, 4) is 6.07 Å². The lowest BCUT2D eigenvalue weighted by atomic mass is 9.81. The molecule has 0 aromatic carbocycles. The number of likely N-dealkylation sites (N-methyl/N-ethyl adjacent to an activating group) is 1. The SMILES string of the molecule is CN(C(=O)CN1CCC[C@H](O)C1)C1(C#N)CCCCC1. The topological polar surface area (TPSA) is 67.6 Å². The van der Waals surface area contributed by atoms with Crippen LogP contribution in [-0.2, 0) is 4.79 Å². The van der Waals surface area contributed by atoms with Gasteiger partial charge < -0.3 is 10.0 Å². The maximum Gasteiger partial charge on any atom is 0.237 e. The molecule has 1 aliphatic heterocycles. The minimum absolute atomic E-state index is 0.00236. The van der Waals surface area contributed by atoms with Crippen LogP contribution in [0.25, 0.3) is 0 Å². The number of carbonyl (C=O) groups excluding carboxylic acids is 1. The molecule has 20 heavy (non-hydrogen) atoms. The van der Waals surface area contributed by atoms with Gasteiger partial charge in [0.15, 0.2) is 0 Å². The molecule has 0 aromatic rings. The first-order valence-corrected chi connectivity index (χ1v) is 7.66. The zero-order chi connectivity index (χ0) is 14.6. The second kappa shape index (κ2) is 6.55. The van der Waals surface area contributed by atoms with Crippen molar-refractivity contribution in [3.05, 3.63) is 0 Å². The first kappa shape index (κ1) is 15.3. The number of aliphatic hydroxyl groups excluding tert-OH is 1. The molecule has 0 bridgehead atoms. The summed E-state index contributed by atoms with van der Waals surface area (Å²) in [5.41, 5.74) is -0.607. The highest BCUT2D eigenvalue weighted by Crippen LogP contribution is 2.32. The Morgan fingerprint density at radius 2 is 2.10 bits per heavy atom. The van der Waals surface area contributed by atoms with Gasteiger partial charge in [-0.1, -0.05) is 19.3 Å². The molecule has 1 amide bonds. The first-order valence-electron chi connectivity index (χ1n) is 7.66. The Bertz CT molecular complexity index is 385. The Morgan fingerprint density at radius 3 is 2.70 bits per heavy atom. The fourth-order valence-electron chi connectivity index (χ4n) is 3.37. The summed E-state index contributed by atoms with van der Waals surface area (Å²) in [5.74, 6) is 0.00236. The third-order valence-electron chi connectivity index (χ3n) is 4.74. The van der Waals surface area contributed by atoms with E-state index in [2.05, 4.69) is 6.07 Å². The van der Waals surface area contributed by atoms with E-state index in [1.807, 2.05) is 4.90 Å². The summed E-state index contributed by atoms with van der Waals surface area (Å²) in [4.78, 5) is 16.1. The molecule has 0 aromatic heterocycles. The molecule has 0 unspecified atom stereocenters. The zero-order valence-corrected chi connectivity index (χ0v) is 12.3. The highest BCUT2D eigenvalue weighted by atomic mass is 16.3. The summed E-state index contributed by atoms with van der Waals surface area (Å²) in [6, 6.07) is 2.38. The monoisotopic (exact) mass is 279 g/mol. The van der Waals surface area contributed by atoms with Crippen LogP contribution < -0.4 is 0 Å². The van der Waals surface area contributed by atoms with Crippen LogP contribution in [-0.4, -0.2) is 59.1 Å². The molecule has 5 nitrogen and oxygen atoms in total. The number of aliphatic hydroxyl groups is 1. The highest BCUT2D eigenvalue weighted by Gasteiger charge is 2.39. The Morgan fingerprint density at radius 1 is 1.40 bits per heavy atom. The van der Waals surface area contributed by atoms with Gasteiger partial charge in [-0.3, -0.25) is 9.69 Å². The van der Waals surface area contributed by atoms with Gasteiger partial charge in [0.05, 0.1) is 18.7 Å². The van der Waals surface area contributed by atoms with Gasteiger partial charge in [0, 0.05) is 13.6 Å². The predicted octanol–water partition coefficient (Wildman–Crippen LogP) is 1.13. The largest absolute Gasteiger partial charge is 0.392 e. The van der Waals surface area contributed by atoms with Crippen LogP contribution in [0.1, 0.15) is 44.9 Å². The average molecular weight is 279 g/mol. The molecule has 2 fully saturated rings. The summed E-state index contributed by atoms with van der Waals surface area (Å²) in [6.45, 7) is 1.74. The van der Waals surface area contributed by atoms with E-state index in [1.54, 1.807) is 11.9 Å². The Labute approximate surface area is 121 Å². The molecule has 1 saturated carbocycles. The van der Waals surface area contributed by atoms with E-state index in [4.69, 9.17) is 0 Å². The van der Waals surface area contributed by atoms with Gasteiger partial charge in [0.1, 0.15) is 5.54 Å². The molecule has 0 radical (unpaired) electrons. The van der Waals surface area contributed by atoms with Crippen molar-refractivity contribution in [2.24, 2.45) is 0 Å². The number of β-amino-alcohol motifs (C(OH)–C–C–N with tert-alkyl or cyclic N) is 1. The predicted molar refractivity (Wildman–Crippen MR) is 75.9 cm³/mol. The van der Waals surface area contributed by atoms with E-state index in [9.17, 15) is 15.2 Å². The fraction of sp³-hybridized carbons (Fsp3) is 0.867. The molecule has 1 N–H and O–H groups in total. The number of carbonyl (C=O) groups is 1. The molecule has 1 atom stereocenters. The van der Waals surface area contributed by atoms with Gasteiger partial charge in [-0.25, -0.2) is 0 Å². The van der Waals surface area contributed by atoms with Crippen molar-refractivity contribution in [1.82, 2.24) is 9.80 Å². The van der Waals surface area contributed by atoms with Gasteiger partial charge in [-0.05, 0) is 32.2 Å². The van der Waals surface area contributed by atoms with E-state index in [0.29, 0.717) is 13.1 Å². The number of rotatable bonds is 3. The van der Waals surface area contributed by atoms with Crippen molar-refractivity contribution >= 4 is 5.91 Å². The highest BCUT2D eigenvalue weighted by molar-refractivity contribution is 5.79. The van der Waals surface area contributed by atoms with Crippen LogP contribution in [0.5, 0.6) is 0 Å². The average Bonchev–Trinajstić information content (AvgIpc) is 2.47. The number of hydrogen-bond donors (Lipinski definition) is 1. The van der Waals surface area contributed by atoms with Crippen LogP contribution in [0.15, 0.2) is 0 Å². The Hall–Kier alpha value is -1.12. The van der Waals surface area contributed by atoms with Crippen molar-refractivity contribution < 1.29 is 9.90 Å². The molecule has 2 rings (SSSR count). The van der Waals surface area contributed by atoms with Gasteiger partial charge in [0.25, 0.3) is 0 Å². The van der Waals surface area contributed by atoms with Gasteiger partial charge in [0.2, 0.25) is 5.91 Å². The Balaban J connectivity index is 1.95. The van der Waals surface area contributed by atoms with Crippen molar-refractivity contribution in [1.29, 1.82) is 5.26 Å². The lowest BCUT2D eigenvalue weighted by Gasteiger charge is -2.40. The molecule has 0 spiro atoms. The van der Waals surface area contributed by atoms with Crippen molar-refractivity contribution in [2.45, 2.75) is 56.6 Å². The summed E-state index contributed by atoms with van der Waals surface area (Å²) < 4.78 is 0. The number of amides is 1. The number of likely N-dealkylation sites (tertiary alicyclic amines) is 1. The van der Waals surface area contributed by atoms with E-state index in [1.165, 1.54) is 0 Å². The summed E-state index contributed by atoms with van der Waals surface area (Å²) in [7, 11) is 1.76. The smallest absolute Gasteiger partial charge is 0.237 e. The standard InChI is InChI=1S/C15H25N3O2/c1-17(15(12-16)7-3-2-4-8-15)14(20)11-18-9-5-6-13(19)10-18/h13,19H,2-11H2,1H3/t13-/m0/s1. The maximum atomic E-state index is 12.4. The van der Waals surface area contributed by atoms with E-state index in [0.717, 1.165) is 51.5 Å². The maximum absolute atomic E-state index is 12.4. The lowest BCUT2D eigenvalue weighted by molar-refractivity contribution is -0.136. The molecule has 1 heterocycles. The van der Waals surface area contributed by atoms with Crippen LogP contribution >= 0.6 is 0 Å². The number of nitrogens with zero attached hydrogens (tertiary/aromatic N) is 3. The van der Waals surface area contributed by atoms with E-state index in [-0.39, 0.29) is 12.0 Å². The summed E-state index contributed by atoms with van der Waals surface area (Å²) in [6.07, 6.45) is 6.21. The quantitative estimate of drug-likeness (QED) is 0.841. The van der Waals surface area contributed by atoms with Gasteiger partial charge >= 0.3 is 0 Å². The number of nitriles is 1. The lowest BCUT2D eigenvalue weighted by Crippen LogP contribution is -2.53. The number of piperidine rings is 1. The third kappa shape index (κ3) is 3.31. The molecule has 2 aliphatic rings. The van der Waals surface area contributed by atoms with Crippen LogP contribution in [0.2, 0.25) is 0 Å². The first-order chi connectivity index (χ1) is 9.57. The Kier molecular flexibility index (Phi) is 5.00. The molecule has 112 valence electrons. The van der Waals surface area contributed by atoms with Crippen LogP contribution in [0, 0.1) is 11.3 Å². The fourth-order valence-corrected chi connectivity index (χ4v) is 3.37. The second-order valence-electron chi connectivity index (χ2n) is 6.19. The minimum atomic E-state index is -0.607. The van der Waals surface area contributed by atoms with Crippen LogP contribution in [0.3, 0.4) is 0 Å². The summed E-state index contributed by atoms with van der Waals surface area (Å²) >= 11 is 0. The molecule has 1 saturated heterocycles. The minimum Gasteiger partial charge on any atom is -0.392 e. The molecular formula is C15H25N3O2.